The van der Waals surface area contributed by atoms with Gasteiger partial charge in [0.1, 0.15) is 41.7 Å². The lowest BCUT2D eigenvalue weighted by Gasteiger charge is -2.31. The largest absolute Gasteiger partial charge is 0.461 e. The number of nitrogen functional groups attached to an aromatic ring is 1. The smallest absolute Gasteiger partial charge is 0.319 e. The van der Waals surface area contributed by atoms with Crippen molar-refractivity contribution >= 4 is 33.2 Å². The van der Waals surface area contributed by atoms with Gasteiger partial charge in [-0.2, -0.15) is 9.97 Å². The van der Waals surface area contributed by atoms with Gasteiger partial charge in [-0.15, -0.1) is 6.42 Å². The number of allylic oxidation sites excluding steroid dienone is 1. The third-order valence-corrected chi connectivity index (χ3v) is 9.61. The first-order chi connectivity index (χ1) is 22.5. The second-order valence-corrected chi connectivity index (χ2v) is 12.3. The molecule has 230 valence electrons. The number of anilines is 2. The molecule has 0 radical (unpaired) electrons. The fourth-order valence-corrected chi connectivity index (χ4v) is 7.44. The SMILES string of the molecule is [2H]C([2H])(Oc1nc(N2CC=CC[C@@H]3C2[C@H]3F)c2cnc(-c3cc(N)cc4ccc(F)c(C#C)c34)c(F)c2n1)[C@@]12CCCN1C[C@H](F)C2. The Balaban J connectivity index is 1.33. The zero-order valence-electron chi connectivity index (χ0n) is 26.1. The molecule has 4 aliphatic rings. The first kappa shape index (κ1) is 25.9. The van der Waals surface area contributed by atoms with Crippen LogP contribution in [0.4, 0.5) is 29.1 Å². The van der Waals surface area contributed by atoms with Gasteiger partial charge in [0.2, 0.25) is 0 Å². The number of benzene rings is 2. The molecule has 1 unspecified atom stereocenters. The summed E-state index contributed by atoms with van der Waals surface area (Å²) in [6.45, 7) is -1.58. The molecule has 3 aliphatic heterocycles. The minimum atomic E-state index is -2.45. The maximum Gasteiger partial charge on any atom is 0.319 e. The van der Waals surface area contributed by atoms with Crippen LogP contribution in [0.5, 0.6) is 6.01 Å². The highest BCUT2D eigenvalue weighted by molar-refractivity contribution is 6.03. The number of rotatable bonds is 5. The van der Waals surface area contributed by atoms with Crippen LogP contribution in [0.3, 0.4) is 0 Å². The molecule has 2 aromatic carbocycles. The Morgan fingerprint density at radius 2 is 2.07 bits per heavy atom. The van der Waals surface area contributed by atoms with Crippen LogP contribution in [-0.4, -0.2) is 70.0 Å². The number of pyridine rings is 1. The first-order valence-corrected chi connectivity index (χ1v) is 15.0. The molecule has 2 saturated heterocycles. The lowest BCUT2D eigenvalue weighted by molar-refractivity contribution is 0.107. The van der Waals surface area contributed by atoms with E-state index in [0.717, 1.165) is 0 Å². The standard InChI is InChI=1S/C34H30F4N6O/c1-2-21-25(36)8-7-18-12-20(39)13-23(26(18)21)29-28(38)30-24(15-40-29)32(44-11-4-3-6-22-27(37)31(22)44)42-33(41-30)45-17-34-9-5-10-43(34)16-19(35)14-34/h1,3-4,7-8,12-13,15,19,22,27,31H,5-6,9-11,14,16-17,39H2/t19-,22+,27+,31?,34+/m1/s1/i17D2. The van der Waals surface area contributed by atoms with E-state index in [0.29, 0.717) is 31.2 Å². The van der Waals surface area contributed by atoms with Gasteiger partial charge in [0.25, 0.3) is 0 Å². The highest BCUT2D eigenvalue weighted by atomic mass is 19.1. The summed E-state index contributed by atoms with van der Waals surface area (Å²) in [5.74, 6) is 0.581. The average Bonchev–Trinajstić information content (AvgIpc) is 3.39. The predicted octanol–water partition coefficient (Wildman–Crippen LogP) is 5.74. The van der Waals surface area contributed by atoms with Crippen molar-refractivity contribution in [3.63, 3.8) is 0 Å². The van der Waals surface area contributed by atoms with Gasteiger partial charge in [-0.3, -0.25) is 9.88 Å². The summed E-state index contributed by atoms with van der Waals surface area (Å²) < 4.78 is 85.3. The van der Waals surface area contributed by atoms with E-state index in [2.05, 4.69) is 20.9 Å². The van der Waals surface area contributed by atoms with Crippen LogP contribution in [0.1, 0.15) is 34.0 Å². The van der Waals surface area contributed by atoms with Crippen LogP contribution >= 0.6 is 0 Å². The molecule has 2 aromatic heterocycles. The van der Waals surface area contributed by atoms with E-state index in [-0.39, 0.29) is 70.0 Å². The maximum absolute atomic E-state index is 16.9. The lowest BCUT2D eigenvalue weighted by Crippen LogP contribution is -2.43. The van der Waals surface area contributed by atoms with E-state index >= 15 is 8.78 Å². The quantitative estimate of drug-likeness (QED) is 0.133. The zero-order chi connectivity index (χ0) is 32.8. The van der Waals surface area contributed by atoms with E-state index in [1.165, 1.54) is 24.4 Å². The van der Waals surface area contributed by atoms with E-state index in [1.807, 2.05) is 12.2 Å². The Morgan fingerprint density at radius 1 is 1.20 bits per heavy atom. The Kier molecular flexibility index (Phi) is 5.92. The molecule has 2 N–H and O–H groups in total. The van der Waals surface area contributed by atoms with Gasteiger partial charge in [-0.05, 0) is 49.4 Å². The van der Waals surface area contributed by atoms with E-state index < -0.39 is 48.1 Å². The summed E-state index contributed by atoms with van der Waals surface area (Å²) in [5.41, 5.74) is 4.73. The molecular weight excluding hydrogens is 584 g/mol. The predicted molar refractivity (Wildman–Crippen MR) is 164 cm³/mol. The van der Waals surface area contributed by atoms with Gasteiger partial charge in [0, 0.05) is 48.3 Å². The number of alkyl halides is 2. The number of ether oxygens (including phenoxy) is 1. The van der Waals surface area contributed by atoms with Crippen molar-refractivity contribution in [3.8, 4) is 29.6 Å². The Morgan fingerprint density at radius 3 is 2.91 bits per heavy atom. The van der Waals surface area contributed by atoms with Crippen molar-refractivity contribution in [2.75, 3.05) is 36.8 Å². The number of halogens is 4. The van der Waals surface area contributed by atoms with E-state index in [1.54, 1.807) is 15.9 Å². The topological polar surface area (TPSA) is 80.4 Å². The molecule has 5 atom stereocenters. The number of aromatic nitrogens is 3. The molecular formula is C34H30F4N6O. The summed E-state index contributed by atoms with van der Waals surface area (Å²) in [6.07, 6.45) is 9.92. The molecule has 0 amide bonds. The molecule has 8 rings (SSSR count). The molecule has 45 heavy (non-hydrogen) atoms. The number of hydrogen-bond acceptors (Lipinski definition) is 7. The second kappa shape index (κ2) is 10.3. The first-order valence-electron chi connectivity index (χ1n) is 16.0. The van der Waals surface area contributed by atoms with Gasteiger partial charge < -0.3 is 15.4 Å². The lowest BCUT2D eigenvalue weighted by atomic mass is 9.95. The van der Waals surface area contributed by atoms with Crippen LogP contribution in [0.2, 0.25) is 0 Å². The van der Waals surface area contributed by atoms with Crippen LogP contribution in [0.15, 0.2) is 42.6 Å². The number of terminal acetylenes is 1. The maximum atomic E-state index is 16.9. The molecule has 7 nitrogen and oxygen atoms in total. The van der Waals surface area contributed by atoms with Crippen molar-refractivity contribution in [1.82, 2.24) is 19.9 Å². The molecule has 11 heteroatoms. The molecule has 1 saturated carbocycles. The van der Waals surface area contributed by atoms with Gasteiger partial charge in [-0.25, -0.2) is 17.6 Å². The van der Waals surface area contributed by atoms with Gasteiger partial charge >= 0.3 is 6.01 Å². The summed E-state index contributed by atoms with van der Waals surface area (Å²) in [7, 11) is 0. The highest BCUT2D eigenvalue weighted by Gasteiger charge is 2.55. The highest BCUT2D eigenvalue weighted by Crippen LogP contribution is 2.47. The monoisotopic (exact) mass is 616 g/mol. The zero-order valence-corrected chi connectivity index (χ0v) is 24.1. The summed E-state index contributed by atoms with van der Waals surface area (Å²) in [6, 6.07) is 4.71. The second-order valence-electron chi connectivity index (χ2n) is 12.3. The van der Waals surface area contributed by atoms with Gasteiger partial charge in [-0.1, -0.05) is 24.1 Å². The summed E-state index contributed by atoms with van der Waals surface area (Å²) in [4.78, 5) is 16.8. The van der Waals surface area contributed by atoms with Crippen LogP contribution in [0.25, 0.3) is 32.9 Å². The minimum absolute atomic E-state index is 0.0658. The number of fused-ring (bicyclic) bond motifs is 4. The molecule has 5 heterocycles. The molecule has 1 aliphatic carbocycles. The Hall–Kier alpha value is -4.43. The summed E-state index contributed by atoms with van der Waals surface area (Å²) >= 11 is 0. The Labute approximate surface area is 259 Å². The van der Waals surface area contributed by atoms with Gasteiger partial charge in [0.05, 0.1) is 25.3 Å². The molecule has 0 spiro atoms. The van der Waals surface area contributed by atoms with Crippen molar-refractivity contribution in [2.45, 2.75) is 49.6 Å². The third kappa shape index (κ3) is 4.41. The van der Waals surface area contributed by atoms with E-state index in [9.17, 15) is 8.78 Å². The Bertz CT molecular complexity index is 2040. The molecule has 0 bridgehead atoms. The van der Waals surface area contributed by atoms with Crippen molar-refractivity contribution in [1.29, 1.82) is 0 Å². The molecule has 4 aromatic rings. The van der Waals surface area contributed by atoms with Crippen molar-refractivity contribution in [3.05, 3.63) is 59.8 Å². The van der Waals surface area contributed by atoms with Crippen LogP contribution < -0.4 is 15.4 Å². The van der Waals surface area contributed by atoms with Crippen LogP contribution in [-0.2, 0) is 0 Å². The fraction of sp³-hybridized carbons (Fsp3) is 0.382. The average molecular weight is 617 g/mol. The number of hydrogen-bond donors (Lipinski definition) is 1. The van der Waals surface area contributed by atoms with E-state index in [4.69, 9.17) is 19.6 Å². The summed E-state index contributed by atoms with van der Waals surface area (Å²) in [5, 5.41) is 0.856. The normalized spacial score (nSPS) is 28.4. The minimum Gasteiger partial charge on any atom is -0.461 e. The molecule has 3 fully saturated rings. The number of nitrogens with two attached hydrogens (primary N) is 1. The fourth-order valence-electron chi connectivity index (χ4n) is 7.44. The van der Waals surface area contributed by atoms with Crippen molar-refractivity contribution in [2.24, 2.45) is 5.92 Å². The number of nitrogens with zero attached hydrogens (tertiary/aromatic N) is 5. The third-order valence-electron chi connectivity index (χ3n) is 9.61. The van der Waals surface area contributed by atoms with Crippen molar-refractivity contribution < 1.29 is 25.0 Å². The van der Waals surface area contributed by atoms with Gasteiger partial charge in [0.15, 0.2) is 5.82 Å². The van der Waals surface area contributed by atoms with Crippen LogP contribution in [0, 0.1) is 29.9 Å².